The van der Waals surface area contributed by atoms with Crippen molar-refractivity contribution in [2.75, 3.05) is 32.0 Å². The lowest BCUT2D eigenvalue weighted by atomic mass is 10.1. The maximum Gasteiger partial charge on any atom is 0.296 e. The molecular weight excluding hydrogens is 908 g/mol. The van der Waals surface area contributed by atoms with E-state index in [-0.39, 0.29) is 16.3 Å². The molecule has 0 unspecified atom stereocenters. The van der Waals surface area contributed by atoms with E-state index in [0.717, 1.165) is 28.2 Å². The normalized spacial score (nSPS) is 10.9. The third-order valence-electron chi connectivity index (χ3n) is 10.8. The summed E-state index contributed by atoms with van der Waals surface area (Å²) in [5, 5.41) is 7.51. The number of fused-ring (bicyclic) bond motifs is 2. The number of Topliss-reactive ketones (excluding diaryl/α,β-unsaturated/α-hetero) is 2. The summed E-state index contributed by atoms with van der Waals surface area (Å²) >= 11 is 17.8. The van der Waals surface area contributed by atoms with Crippen molar-refractivity contribution in [1.82, 2.24) is 14.1 Å². The van der Waals surface area contributed by atoms with E-state index >= 15 is 0 Å². The van der Waals surface area contributed by atoms with Crippen molar-refractivity contribution in [1.29, 1.82) is 0 Å². The molecule has 0 aliphatic heterocycles. The number of anilines is 2. The van der Waals surface area contributed by atoms with Gasteiger partial charge in [-0.05, 0) is 110 Å². The highest BCUT2D eigenvalue weighted by molar-refractivity contribution is 6.49. The number of nitrogens with zero attached hydrogens (tertiary/aromatic N) is 3. The van der Waals surface area contributed by atoms with Crippen molar-refractivity contribution in [3.8, 4) is 17.4 Å². The number of benzene rings is 5. The smallest absolute Gasteiger partial charge is 0.296 e. The van der Waals surface area contributed by atoms with E-state index in [4.69, 9.17) is 49.0 Å². The Kier molecular flexibility index (Phi) is 14.4. The zero-order valence-electron chi connectivity index (χ0n) is 36.2. The van der Waals surface area contributed by atoms with Gasteiger partial charge >= 0.3 is 0 Å². The maximum absolute atomic E-state index is 13.4. The van der Waals surface area contributed by atoms with E-state index in [1.165, 1.54) is 32.5 Å². The Balaban J connectivity index is 0.000000196. The molecule has 0 saturated heterocycles. The van der Waals surface area contributed by atoms with Gasteiger partial charge in [0.2, 0.25) is 5.88 Å². The van der Waals surface area contributed by atoms with Crippen LogP contribution in [0.3, 0.4) is 0 Å². The highest BCUT2D eigenvalue weighted by Gasteiger charge is 2.28. The van der Waals surface area contributed by atoms with Gasteiger partial charge in [0, 0.05) is 80.0 Å². The number of nitrogens with one attached hydrogen (secondary N) is 2. The molecule has 0 bridgehead atoms. The molecule has 0 aliphatic rings. The first-order valence-corrected chi connectivity index (χ1v) is 21.3. The first-order valence-electron chi connectivity index (χ1n) is 20.2. The minimum Gasteiger partial charge on any atom is -0.497 e. The molecule has 0 spiro atoms. The van der Waals surface area contributed by atoms with E-state index < -0.39 is 29.2 Å². The maximum atomic E-state index is 13.4. The minimum absolute atomic E-state index is 0.152. The Labute approximate surface area is 393 Å². The fraction of sp³-hybridized carbons (Fsp3) is 0.140. The van der Waals surface area contributed by atoms with E-state index in [9.17, 15) is 23.6 Å². The zero-order valence-corrected chi connectivity index (χ0v) is 38.4. The Bertz CT molecular complexity index is 3150. The third kappa shape index (κ3) is 10.2. The SMILES string of the molecule is COc1ccc2c(c1)c(C(=O)C(=O)Nc1ccc(F)c(Cl)c1)c(C)n2Cc1ccc(Cl)cc1.COc1ccc2c(c1)c(C(=O)C(=O)Nc1ccnc(OC)c1)c(C)n2Cc1ccc(Cl)cc1. The number of carbonyl (C=O) groups excluding carboxylic acids is 4. The topological polar surface area (TPSA) is 143 Å². The first-order chi connectivity index (χ1) is 31.7. The number of hydrogen-bond acceptors (Lipinski definition) is 8. The summed E-state index contributed by atoms with van der Waals surface area (Å²) in [5.41, 5.74) is 6.16. The molecule has 0 atom stereocenters. The Morgan fingerprint density at radius 2 is 1.03 bits per heavy atom. The molecule has 0 radical (unpaired) electrons. The van der Waals surface area contributed by atoms with Crippen LogP contribution in [0.25, 0.3) is 21.8 Å². The van der Waals surface area contributed by atoms with Gasteiger partial charge in [0.1, 0.15) is 17.3 Å². The number of methoxy groups -OCH3 is 3. The van der Waals surface area contributed by atoms with E-state index in [1.807, 2.05) is 70.7 Å². The molecule has 16 heteroatoms. The second kappa shape index (κ2) is 20.3. The molecular formula is C50H41Cl3FN5O7. The van der Waals surface area contributed by atoms with Gasteiger partial charge in [-0.1, -0.05) is 59.1 Å². The number of halogens is 4. The van der Waals surface area contributed by atoms with Crippen LogP contribution in [-0.4, -0.2) is 58.8 Å². The van der Waals surface area contributed by atoms with Gasteiger partial charge in [0.25, 0.3) is 23.4 Å². The van der Waals surface area contributed by atoms with Gasteiger partial charge in [-0.3, -0.25) is 19.2 Å². The predicted octanol–water partition coefficient (Wildman–Crippen LogP) is 11.2. The van der Waals surface area contributed by atoms with Crippen molar-refractivity contribution in [3.05, 3.63) is 176 Å². The van der Waals surface area contributed by atoms with Crippen LogP contribution in [0.2, 0.25) is 15.1 Å². The van der Waals surface area contributed by atoms with Crippen LogP contribution >= 0.6 is 34.8 Å². The molecule has 3 aromatic heterocycles. The number of carbonyl (C=O) groups is 4. The molecule has 3 heterocycles. The van der Waals surface area contributed by atoms with Crippen LogP contribution in [0.5, 0.6) is 17.4 Å². The van der Waals surface area contributed by atoms with Gasteiger partial charge in [-0.15, -0.1) is 0 Å². The Morgan fingerprint density at radius 1 is 0.576 bits per heavy atom. The highest BCUT2D eigenvalue weighted by Crippen LogP contribution is 2.33. The summed E-state index contributed by atoms with van der Waals surface area (Å²) in [6, 6.07) is 32.7. The summed E-state index contributed by atoms with van der Waals surface area (Å²) in [6.07, 6.45) is 1.49. The third-order valence-corrected chi connectivity index (χ3v) is 11.6. The van der Waals surface area contributed by atoms with E-state index in [1.54, 1.807) is 56.5 Å². The highest BCUT2D eigenvalue weighted by atomic mass is 35.5. The quantitative estimate of drug-likeness (QED) is 0.0859. The number of pyridine rings is 1. The Hall–Kier alpha value is -7.19. The number of hydrogen-bond donors (Lipinski definition) is 2. The van der Waals surface area contributed by atoms with Gasteiger partial charge in [-0.25, -0.2) is 9.37 Å². The van der Waals surface area contributed by atoms with Crippen molar-refractivity contribution in [3.63, 3.8) is 0 Å². The first kappa shape index (κ1) is 46.8. The number of aromatic nitrogens is 3. The van der Waals surface area contributed by atoms with Crippen LogP contribution in [0.15, 0.2) is 121 Å². The molecule has 12 nitrogen and oxygen atoms in total. The summed E-state index contributed by atoms with van der Waals surface area (Å²) < 4.78 is 33.2. The molecule has 0 aliphatic carbocycles. The molecule has 8 rings (SSSR count). The van der Waals surface area contributed by atoms with Crippen LogP contribution in [0.1, 0.15) is 43.2 Å². The zero-order chi connectivity index (χ0) is 47.2. The fourth-order valence-electron chi connectivity index (χ4n) is 7.48. The molecule has 2 N–H and O–H groups in total. The van der Waals surface area contributed by atoms with Crippen LogP contribution in [-0.2, 0) is 22.7 Å². The fourth-order valence-corrected chi connectivity index (χ4v) is 7.91. The number of amides is 2. The van der Waals surface area contributed by atoms with E-state index in [0.29, 0.717) is 73.9 Å². The summed E-state index contributed by atoms with van der Waals surface area (Å²) in [4.78, 5) is 56.3. The number of rotatable bonds is 13. The average molecular weight is 949 g/mol. The second-order valence-electron chi connectivity index (χ2n) is 14.9. The number of ketones is 2. The van der Waals surface area contributed by atoms with Crippen molar-refractivity contribution >= 4 is 91.4 Å². The van der Waals surface area contributed by atoms with Gasteiger partial charge in [0.15, 0.2) is 0 Å². The van der Waals surface area contributed by atoms with Gasteiger partial charge in [-0.2, -0.15) is 0 Å². The van der Waals surface area contributed by atoms with Gasteiger partial charge in [0.05, 0.1) is 37.5 Å². The molecule has 2 amide bonds. The van der Waals surface area contributed by atoms with Crippen molar-refractivity contribution in [2.45, 2.75) is 26.9 Å². The molecule has 336 valence electrons. The minimum atomic E-state index is -0.853. The summed E-state index contributed by atoms with van der Waals surface area (Å²) in [5.74, 6) is -2.09. The number of ether oxygens (including phenoxy) is 3. The van der Waals surface area contributed by atoms with Crippen molar-refractivity contribution in [2.24, 2.45) is 0 Å². The summed E-state index contributed by atoms with van der Waals surface area (Å²) in [6.45, 7) is 4.62. The second-order valence-corrected chi connectivity index (χ2v) is 16.2. The predicted molar refractivity (Wildman–Crippen MR) is 256 cm³/mol. The molecule has 0 fully saturated rings. The molecule has 5 aromatic carbocycles. The lowest BCUT2D eigenvalue weighted by Crippen LogP contribution is -2.23. The molecule has 0 saturated carbocycles. The van der Waals surface area contributed by atoms with Crippen molar-refractivity contribution < 1.29 is 37.8 Å². The monoisotopic (exact) mass is 947 g/mol. The lowest BCUT2D eigenvalue weighted by molar-refractivity contribution is -0.113. The Morgan fingerprint density at radius 3 is 1.45 bits per heavy atom. The van der Waals surface area contributed by atoms with Crippen LogP contribution in [0, 0.1) is 19.7 Å². The summed E-state index contributed by atoms with van der Waals surface area (Å²) in [7, 11) is 4.57. The average Bonchev–Trinajstić information content (AvgIpc) is 3.75. The standard InChI is InChI=1S/C25H19Cl2FN2O3.C25H22ClN3O4/c1-14-23(24(31)25(32)29-17-7-9-21(28)20(27)11-17)19-12-18(33-2)8-10-22(19)30(14)13-15-3-5-16(26)6-4-15;1-15-23(24(30)25(31)28-18-10-11-27-22(12-18)33-3)20-13-19(32-2)8-9-21(20)29(15)14-16-4-6-17(26)7-5-16/h3-12H,13H2,1-2H3,(H,29,32);4-13H,14H2,1-3H3,(H,27,28,31). The largest absolute Gasteiger partial charge is 0.497 e. The molecule has 8 aromatic rings. The van der Waals surface area contributed by atoms with Crippen LogP contribution in [0.4, 0.5) is 15.8 Å². The van der Waals surface area contributed by atoms with E-state index in [2.05, 4.69) is 15.6 Å². The van der Waals surface area contributed by atoms with Crippen LogP contribution < -0.4 is 24.8 Å². The molecule has 66 heavy (non-hydrogen) atoms. The van der Waals surface area contributed by atoms with Gasteiger partial charge < -0.3 is 34.0 Å². The lowest BCUT2D eigenvalue weighted by Gasteiger charge is -2.10.